The Morgan fingerprint density at radius 1 is 0.966 bits per heavy atom. The van der Waals surface area contributed by atoms with Crippen LogP contribution in [0.15, 0.2) is 54.6 Å². The third kappa shape index (κ3) is 4.39. The molecule has 1 aromatic heterocycles. The quantitative estimate of drug-likeness (QED) is 0.647. The molecule has 0 aliphatic carbocycles. The fraction of sp³-hybridized carbons (Fsp3) is 0.318. The van der Waals surface area contributed by atoms with Crippen molar-refractivity contribution >= 4 is 5.82 Å². The van der Waals surface area contributed by atoms with Crippen molar-refractivity contribution in [2.24, 2.45) is 0 Å². The van der Waals surface area contributed by atoms with Crippen molar-refractivity contribution in [3.63, 3.8) is 0 Å². The second-order valence-corrected chi connectivity index (χ2v) is 6.95. The molecule has 29 heavy (non-hydrogen) atoms. The van der Waals surface area contributed by atoms with Crippen molar-refractivity contribution in [3.8, 4) is 17.5 Å². The molecule has 0 amide bonds. The lowest BCUT2D eigenvalue weighted by molar-refractivity contribution is 0.249. The average Bonchev–Trinajstić information content (AvgIpc) is 3.20. The highest BCUT2D eigenvalue weighted by molar-refractivity contribution is 5.51. The first kappa shape index (κ1) is 19.0. The summed E-state index contributed by atoms with van der Waals surface area (Å²) in [6.07, 6.45) is 0. The Labute approximate surface area is 170 Å². The monoisotopic (exact) mass is 388 g/mol. The van der Waals surface area contributed by atoms with Gasteiger partial charge >= 0.3 is 0 Å². The molecule has 7 heteroatoms. The number of benzene rings is 2. The zero-order valence-electron chi connectivity index (χ0n) is 16.5. The third-order valence-electron chi connectivity index (χ3n) is 5.00. The first-order valence-corrected chi connectivity index (χ1v) is 9.88. The lowest BCUT2D eigenvalue weighted by Gasteiger charge is -2.34. The first-order valence-electron chi connectivity index (χ1n) is 9.88. The molecule has 0 saturated carbocycles. The van der Waals surface area contributed by atoms with E-state index in [9.17, 15) is 5.26 Å². The SMILES string of the molecule is CCOc1ccc(-n2nc(C#N)c(N3CCN(Cc4ccccc4)CC3)n2)cc1. The Hall–Kier alpha value is -3.37. The van der Waals surface area contributed by atoms with E-state index in [-0.39, 0.29) is 0 Å². The molecule has 4 rings (SSSR count). The van der Waals surface area contributed by atoms with Gasteiger partial charge in [-0.1, -0.05) is 30.3 Å². The zero-order chi connectivity index (χ0) is 20.1. The number of nitriles is 1. The molecular formula is C22H24N6O. The maximum Gasteiger partial charge on any atom is 0.207 e. The van der Waals surface area contributed by atoms with Crippen LogP contribution in [-0.4, -0.2) is 52.7 Å². The van der Waals surface area contributed by atoms with E-state index in [0.29, 0.717) is 18.1 Å². The molecule has 0 radical (unpaired) electrons. The number of anilines is 1. The fourth-order valence-corrected chi connectivity index (χ4v) is 3.50. The standard InChI is InChI=1S/C22H24N6O/c1-2-29-20-10-8-19(9-11-20)28-24-21(16-23)22(25-28)27-14-12-26(13-15-27)17-18-6-4-3-5-7-18/h3-11H,2,12-15,17H2,1H3. The number of rotatable bonds is 6. The van der Waals surface area contributed by atoms with Crippen LogP contribution < -0.4 is 9.64 Å². The zero-order valence-corrected chi connectivity index (χ0v) is 16.5. The minimum atomic E-state index is 0.357. The van der Waals surface area contributed by atoms with Gasteiger partial charge in [0.2, 0.25) is 5.69 Å². The van der Waals surface area contributed by atoms with Crippen molar-refractivity contribution in [3.05, 3.63) is 65.9 Å². The number of hydrogen-bond donors (Lipinski definition) is 0. The van der Waals surface area contributed by atoms with Gasteiger partial charge in [-0.15, -0.1) is 15.0 Å². The van der Waals surface area contributed by atoms with Crippen LogP contribution in [0, 0.1) is 11.3 Å². The summed E-state index contributed by atoms with van der Waals surface area (Å²) in [6.45, 7) is 7.02. The molecule has 1 saturated heterocycles. The average molecular weight is 388 g/mol. The summed E-state index contributed by atoms with van der Waals surface area (Å²) in [5.41, 5.74) is 2.48. The summed E-state index contributed by atoms with van der Waals surface area (Å²) in [5.74, 6) is 1.46. The topological polar surface area (TPSA) is 70.2 Å². The third-order valence-corrected chi connectivity index (χ3v) is 5.00. The van der Waals surface area contributed by atoms with Crippen LogP contribution in [0.5, 0.6) is 5.75 Å². The fourth-order valence-electron chi connectivity index (χ4n) is 3.50. The second kappa shape index (κ2) is 8.76. The predicted octanol–water partition coefficient (Wildman–Crippen LogP) is 2.86. The smallest absolute Gasteiger partial charge is 0.207 e. The molecule has 2 aromatic carbocycles. The van der Waals surface area contributed by atoms with Gasteiger partial charge in [0.25, 0.3) is 0 Å². The van der Waals surface area contributed by atoms with Gasteiger partial charge in [0.1, 0.15) is 11.8 Å². The molecule has 1 aliphatic heterocycles. The number of piperazine rings is 1. The van der Waals surface area contributed by atoms with E-state index in [0.717, 1.165) is 44.2 Å². The molecule has 148 valence electrons. The molecule has 0 atom stereocenters. The minimum absolute atomic E-state index is 0.357. The van der Waals surface area contributed by atoms with Crippen molar-refractivity contribution in [2.75, 3.05) is 37.7 Å². The molecule has 0 bridgehead atoms. The maximum absolute atomic E-state index is 9.55. The van der Waals surface area contributed by atoms with Gasteiger partial charge in [-0.05, 0) is 36.8 Å². The van der Waals surface area contributed by atoms with Crippen LogP contribution in [0.1, 0.15) is 18.2 Å². The molecule has 0 N–H and O–H groups in total. The molecular weight excluding hydrogens is 364 g/mol. The molecule has 0 unspecified atom stereocenters. The van der Waals surface area contributed by atoms with E-state index >= 15 is 0 Å². The van der Waals surface area contributed by atoms with Gasteiger partial charge in [-0.2, -0.15) is 5.26 Å². The highest BCUT2D eigenvalue weighted by Gasteiger charge is 2.23. The van der Waals surface area contributed by atoms with E-state index in [1.165, 1.54) is 10.4 Å². The van der Waals surface area contributed by atoms with Crippen molar-refractivity contribution in [2.45, 2.75) is 13.5 Å². The number of ether oxygens (including phenoxy) is 1. The normalized spacial score (nSPS) is 14.6. The van der Waals surface area contributed by atoms with Crippen LogP contribution in [0.3, 0.4) is 0 Å². The molecule has 2 heterocycles. The first-order chi connectivity index (χ1) is 14.3. The van der Waals surface area contributed by atoms with Gasteiger partial charge in [-0.25, -0.2) is 0 Å². The largest absolute Gasteiger partial charge is 0.494 e. The van der Waals surface area contributed by atoms with E-state index in [2.05, 4.69) is 50.3 Å². The van der Waals surface area contributed by atoms with Crippen molar-refractivity contribution in [1.29, 1.82) is 5.26 Å². The Morgan fingerprint density at radius 3 is 2.34 bits per heavy atom. The van der Waals surface area contributed by atoms with Gasteiger partial charge in [0, 0.05) is 32.7 Å². The van der Waals surface area contributed by atoms with Crippen molar-refractivity contribution in [1.82, 2.24) is 19.9 Å². The summed E-state index contributed by atoms with van der Waals surface area (Å²) in [7, 11) is 0. The maximum atomic E-state index is 9.55. The Balaban J connectivity index is 1.44. The van der Waals surface area contributed by atoms with Gasteiger partial charge in [0.15, 0.2) is 5.82 Å². The van der Waals surface area contributed by atoms with E-state index in [1.54, 1.807) is 0 Å². The number of aromatic nitrogens is 3. The Kier molecular flexibility index (Phi) is 5.73. The van der Waals surface area contributed by atoms with Crippen LogP contribution in [0.25, 0.3) is 5.69 Å². The van der Waals surface area contributed by atoms with Crippen LogP contribution in [0.2, 0.25) is 0 Å². The summed E-state index contributed by atoms with van der Waals surface area (Å²) in [5, 5.41) is 18.5. The lowest BCUT2D eigenvalue weighted by atomic mass is 10.2. The molecule has 3 aromatic rings. The number of nitrogens with zero attached hydrogens (tertiary/aromatic N) is 6. The highest BCUT2D eigenvalue weighted by atomic mass is 16.5. The van der Waals surface area contributed by atoms with E-state index < -0.39 is 0 Å². The molecule has 7 nitrogen and oxygen atoms in total. The molecule has 1 fully saturated rings. The Morgan fingerprint density at radius 2 is 1.69 bits per heavy atom. The van der Waals surface area contributed by atoms with Crippen LogP contribution >= 0.6 is 0 Å². The summed E-state index contributed by atoms with van der Waals surface area (Å²) in [6, 6.07) is 20.3. The Bertz CT molecular complexity index is 969. The van der Waals surface area contributed by atoms with Gasteiger partial charge < -0.3 is 9.64 Å². The minimum Gasteiger partial charge on any atom is -0.494 e. The second-order valence-electron chi connectivity index (χ2n) is 6.95. The lowest BCUT2D eigenvalue weighted by Crippen LogP contribution is -2.46. The summed E-state index contributed by atoms with van der Waals surface area (Å²) < 4.78 is 5.48. The van der Waals surface area contributed by atoms with E-state index in [4.69, 9.17) is 4.74 Å². The summed E-state index contributed by atoms with van der Waals surface area (Å²) >= 11 is 0. The van der Waals surface area contributed by atoms with E-state index in [1.807, 2.05) is 37.3 Å². The highest BCUT2D eigenvalue weighted by Crippen LogP contribution is 2.21. The van der Waals surface area contributed by atoms with Gasteiger partial charge in [-0.3, -0.25) is 4.90 Å². The molecule has 0 spiro atoms. The molecule has 1 aliphatic rings. The van der Waals surface area contributed by atoms with Crippen molar-refractivity contribution < 1.29 is 4.74 Å². The van der Waals surface area contributed by atoms with Crippen LogP contribution in [0.4, 0.5) is 5.82 Å². The number of hydrogen-bond acceptors (Lipinski definition) is 6. The van der Waals surface area contributed by atoms with Gasteiger partial charge in [0.05, 0.1) is 12.3 Å². The van der Waals surface area contributed by atoms with Crippen LogP contribution in [-0.2, 0) is 6.54 Å². The summed E-state index contributed by atoms with van der Waals surface area (Å²) in [4.78, 5) is 6.10. The predicted molar refractivity (Wildman–Crippen MR) is 111 cm³/mol.